The Balaban J connectivity index is 2.25. The van der Waals surface area contributed by atoms with Crippen molar-refractivity contribution in [3.05, 3.63) is 58.7 Å². The van der Waals surface area contributed by atoms with E-state index < -0.39 is 11.8 Å². The van der Waals surface area contributed by atoms with Crippen LogP contribution < -0.4 is 0 Å². The van der Waals surface area contributed by atoms with Crippen molar-refractivity contribution in [3.8, 4) is 12.3 Å². The zero-order valence-electron chi connectivity index (χ0n) is 19.3. The third kappa shape index (κ3) is 7.96. The van der Waals surface area contributed by atoms with Gasteiger partial charge in [0.2, 0.25) is 5.78 Å². The average Bonchev–Trinajstić information content (AvgIpc) is 2.78. The van der Waals surface area contributed by atoms with Gasteiger partial charge in [0.15, 0.2) is 5.78 Å². The van der Waals surface area contributed by atoms with E-state index in [4.69, 9.17) is 11.2 Å². The number of rotatable bonds is 12. The van der Waals surface area contributed by atoms with Crippen LogP contribution in [0.1, 0.15) is 70.8 Å². The lowest BCUT2D eigenvalue weighted by molar-refractivity contribution is -0.140. The van der Waals surface area contributed by atoms with E-state index in [0.29, 0.717) is 19.3 Å². The first kappa shape index (κ1) is 25.3. The second-order valence-corrected chi connectivity index (χ2v) is 8.45. The van der Waals surface area contributed by atoms with Gasteiger partial charge >= 0.3 is 5.97 Å². The summed E-state index contributed by atoms with van der Waals surface area (Å²) < 4.78 is 5.47. The number of terminal acetylenes is 1. The summed E-state index contributed by atoms with van der Waals surface area (Å²) in [6.45, 7) is 4.24. The van der Waals surface area contributed by atoms with Gasteiger partial charge in [-0.15, -0.1) is 6.42 Å². The number of unbranched alkanes of at least 4 members (excludes halogenated alkanes) is 2. The van der Waals surface area contributed by atoms with Crippen LogP contribution >= 0.6 is 0 Å². The molecule has 0 fully saturated rings. The van der Waals surface area contributed by atoms with E-state index in [2.05, 4.69) is 18.9 Å². The summed E-state index contributed by atoms with van der Waals surface area (Å²) in [6, 6.07) is 9.66. The molecule has 1 aromatic carbocycles. The van der Waals surface area contributed by atoms with Gasteiger partial charge in [0.25, 0.3) is 0 Å². The summed E-state index contributed by atoms with van der Waals surface area (Å²) >= 11 is 0. The summed E-state index contributed by atoms with van der Waals surface area (Å²) in [6.07, 6.45) is 14.0. The second-order valence-electron chi connectivity index (χ2n) is 8.45. The van der Waals surface area contributed by atoms with Crippen LogP contribution in [0.2, 0.25) is 0 Å². The van der Waals surface area contributed by atoms with Crippen LogP contribution in [-0.2, 0) is 25.5 Å². The molecule has 1 aromatic rings. The number of ketones is 2. The maximum Gasteiger partial charge on any atom is 0.342 e. The average molecular weight is 435 g/mol. The van der Waals surface area contributed by atoms with Gasteiger partial charge in [0.05, 0.1) is 6.61 Å². The van der Waals surface area contributed by atoms with Crippen LogP contribution in [0.25, 0.3) is 0 Å². The zero-order chi connectivity index (χ0) is 23.3. The Morgan fingerprint density at radius 1 is 1.16 bits per heavy atom. The van der Waals surface area contributed by atoms with E-state index in [1.807, 2.05) is 37.3 Å². The fourth-order valence-electron chi connectivity index (χ4n) is 4.09. The van der Waals surface area contributed by atoms with E-state index in [1.165, 1.54) is 5.57 Å². The molecule has 0 bridgehead atoms. The van der Waals surface area contributed by atoms with Crippen molar-refractivity contribution in [3.63, 3.8) is 0 Å². The molecule has 1 aliphatic rings. The van der Waals surface area contributed by atoms with Crippen molar-refractivity contribution in [1.82, 2.24) is 0 Å². The molecule has 1 unspecified atom stereocenters. The topological polar surface area (TPSA) is 60.4 Å². The summed E-state index contributed by atoms with van der Waals surface area (Å²) in [4.78, 5) is 38.8. The molecule has 170 valence electrons. The molecule has 32 heavy (non-hydrogen) atoms. The Kier molecular flexibility index (Phi) is 10.7. The lowest BCUT2D eigenvalue weighted by Crippen LogP contribution is -2.24. The first-order chi connectivity index (χ1) is 15.5. The Bertz CT molecular complexity index is 899. The van der Waals surface area contributed by atoms with Gasteiger partial charge in [-0.1, -0.05) is 61.7 Å². The number of Topliss-reactive ketones (excluding diaryl/α,β-unsaturated/α-hetero) is 2. The van der Waals surface area contributed by atoms with Gasteiger partial charge in [-0.25, -0.2) is 4.79 Å². The lowest BCUT2D eigenvalue weighted by atomic mass is 9.85. The highest BCUT2D eigenvalue weighted by molar-refractivity contribution is 6.24. The number of ether oxygens (including phenoxy) is 1. The van der Waals surface area contributed by atoms with E-state index in [0.717, 1.165) is 37.7 Å². The molecule has 4 nitrogen and oxygen atoms in total. The standard InChI is InChI=1S/C28H34O4/c1-4-6-8-16-24(25(29)5-2)27(26(30)20-23-15-11-12-21(3)19-23)28(31)32-18-17-22-13-9-7-10-14-22/h2,7,9-10,13-14,19,23H,4,6,8,11-12,15-18,20H2,1,3H3/b27-24+. The monoisotopic (exact) mass is 434 g/mol. The maximum atomic E-state index is 13.3. The van der Waals surface area contributed by atoms with Crippen LogP contribution in [0.15, 0.2) is 53.1 Å². The van der Waals surface area contributed by atoms with Crippen molar-refractivity contribution in [1.29, 1.82) is 0 Å². The van der Waals surface area contributed by atoms with Crippen LogP contribution in [0.4, 0.5) is 0 Å². The number of carbonyl (C=O) groups excluding carboxylic acids is 3. The molecule has 0 spiro atoms. The number of hydrogen-bond donors (Lipinski definition) is 0. The predicted octanol–water partition coefficient (Wildman–Crippen LogP) is 5.56. The van der Waals surface area contributed by atoms with Gasteiger partial charge in [-0.05, 0) is 56.4 Å². The summed E-state index contributed by atoms with van der Waals surface area (Å²) in [5.41, 5.74) is 2.27. The van der Waals surface area contributed by atoms with Gasteiger partial charge in [0, 0.05) is 18.4 Å². The van der Waals surface area contributed by atoms with E-state index in [-0.39, 0.29) is 35.9 Å². The summed E-state index contributed by atoms with van der Waals surface area (Å²) in [5, 5.41) is 0. The molecule has 0 N–H and O–H groups in total. The number of hydrogen-bond acceptors (Lipinski definition) is 4. The highest BCUT2D eigenvalue weighted by Gasteiger charge is 2.29. The first-order valence-electron chi connectivity index (χ1n) is 11.6. The Morgan fingerprint density at radius 3 is 2.56 bits per heavy atom. The quantitative estimate of drug-likeness (QED) is 0.0632. The molecule has 1 atom stereocenters. The molecule has 0 aliphatic heterocycles. The Hall–Kier alpha value is -2.93. The highest BCUT2D eigenvalue weighted by Crippen LogP contribution is 2.28. The van der Waals surface area contributed by atoms with Gasteiger partial charge in [0.1, 0.15) is 5.57 Å². The van der Waals surface area contributed by atoms with Gasteiger partial charge in [-0.2, -0.15) is 0 Å². The third-order valence-corrected chi connectivity index (χ3v) is 5.80. The molecule has 2 rings (SSSR count). The molecule has 0 radical (unpaired) electrons. The van der Waals surface area contributed by atoms with Crippen molar-refractivity contribution >= 4 is 17.5 Å². The minimum atomic E-state index is -0.738. The van der Waals surface area contributed by atoms with Crippen LogP contribution in [0.5, 0.6) is 0 Å². The molecule has 0 saturated heterocycles. The predicted molar refractivity (Wildman–Crippen MR) is 127 cm³/mol. The van der Waals surface area contributed by atoms with Crippen LogP contribution in [0, 0.1) is 18.3 Å². The fraction of sp³-hybridized carbons (Fsp3) is 0.464. The Morgan fingerprint density at radius 2 is 1.91 bits per heavy atom. The van der Waals surface area contributed by atoms with Crippen molar-refractivity contribution in [2.24, 2.45) is 5.92 Å². The van der Waals surface area contributed by atoms with Crippen molar-refractivity contribution in [2.45, 2.75) is 71.6 Å². The normalized spacial score (nSPS) is 16.4. The fourth-order valence-corrected chi connectivity index (χ4v) is 4.09. The molecule has 4 heteroatoms. The molecular formula is C28H34O4. The van der Waals surface area contributed by atoms with E-state index in [9.17, 15) is 14.4 Å². The van der Waals surface area contributed by atoms with E-state index >= 15 is 0 Å². The zero-order valence-corrected chi connectivity index (χ0v) is 19.3. The number of benzene rings is 1. The first-order valence-corrected chi connectivity index (χ1v) is 11.6. The highest BCUT2D eigenvalue weighted by atomic mass is 16.5. The summed E-state index contributed by atoms with van der Waals surface area (Å²) in [7, 11) is 0. The van der Waals surface area contributed by atoms with Gasteiger partial charge < -0.3 is 4.74 Å². The molecule has 0 heterocycles. The number of esters is 1. The molecule has 0 saturated carbocycles. The van der Waals surface area contributed by atoms with Gasteiger partial charge in [-0.3, -0.25) is 9.59 Å². The van der Waals surface area contributed by atoms with Crippen molar-refractivity contribution < 1.29 is 19.1 Å². The van der Waals surface area contributed by atoms with Crippen LogP contribution in [0.3, 0.4) is 0 Å². The van der Waals surface area contributed by atoms with E-state index in [1.54, 1.807) is 0 Å². The molecule has 0 amide bonds. The Labute approximate surface area is 192 Å². The van der Waals surface area contributed by atoms with Crippen LogP contribution in [-0.4, -0.2) is 24.1 Å². The lowest BCUT2D eigenvalue weighted by Gasteiger charge is -2.20. The van der Waals surface area contributed by atoms with Crippen molar-refractivity contribution in [2.75, 3.05) is 6.61 Å². The molecular weight excluding hydrogens is 400 g/mol. The number of carbonyl (C=O) groups is 3. The third-order valence-electron chi connectivity index (χ3n) is 5.80. The number of allylic oxidation sites excluding steroid dienone is 3. The summed E-state index contributed by atoms with van der Waals surface area (Å²) in [5.74, 6) is 0.494. The molecule has 1 aliphatic carbocycles. The maximum absolute atomic E-state index is 13.3. The SMILES string of the molecule is C#CC(=O)/C(CCCCC)=C(\C(=O)CC1C=C(C)CCC1)C(=O)OCCc1ccccc1. The largest absolute Gasteiger partial charge is 0.462 e. The minimum absolute atomic E-state index is 0.0706. The minimum Gasteiger partial charge on any atom is -0.462 e. The smallest absolute Gasteiger partial charge is 0.342 e. The molecule has 0 aromatic heterocycles. The second kappa shape index (κ2) is 13.5.